The Morgan fingerprint density at radius 1 is 0.825 bits per heavy atom. The van der Waals surface area contributed by atoms with E-state index in [1.165, 1.54) is 28.4 Å². The smallest absolute Gasteiger partial charge is 0.407 e. The average Bonchev–Trinajstić information content (AvgIpc) is 2.92. The number of benzene rings is 2. The van der Waals surface area contributed by atoms with Crippen LogP contribution < -0.4 is 24.3 Å². The lowest BCUT2D eigenvalue weighted by Gasteiger charge is -2.43. The maximum atomic E-state index is 13.0. The zero-order valence-corrected chi connectivity index (χ0v) is 24.3. The van der Waals surface area contributed by atoms with Gasteiger partial charge < -0.3 is 44.1 Å². The molecule has 1 fully saturated rings. The van der Waals surface area contributed by atoms with E-state index in [1.54, 1.807) is 49.9 Å². The molecule has 0 bridgehead atoms. The van der Waals surface area contributed by atoms with E-state index in [0.29, 0.717) is 25.9 Å². The van der Waals surface area contributed by atoms with Crippen LogP contribution in [0, 0.1) is 0 Å². The first-order chi connectivity index (χ1) is 18.9. The van der Waals surface area contributed by atoms with Gasteiger partial charge in [0.15, 0.2) is 23.0 Å². The number of nitrogens with one attached hydrogen (secondary N) is 1. The third-order valence-electron chi connectivity index (χ3n) is 7.04. The van der Waals surface area contributed by atoms with Gasteiger partial charge in [0, 0.05) is 31.5 Å². The van der Waals surface area contributed by atoms with Crippen molar-refractivity contribution in [1.82, 2.24) is 10.2 Å². The Balaban J connectivity index is 1.92. The van der Waals surface area contributed by atoms with Crippen molar-refractivity contribution in [3.8, 4) is 34.5 Å². The van der Waals surface area contributed by atoms with Gasteiger partial charge in [-0.3, -0.25) is 4.79 Å². The molecule has 0 aliphatic carbocycles. The van der Waals surface area contributed by atoms with Crippen molar-refractivity contribution in [3.63, 3.8) is 0 Å². The number of phenolic OH excluding ortho intramolecular Hbond substituents is 2. The van der Waals surface area contributed by atoms with E-state index in [4.69, 9.17) is 23.7 Å². The van der Waals surface area contributed by atoms with Gasteiger partial charge in [-0.1, -0.05) is 0 Å². The predicted octanol–water partition coefficient (Wildman–Crippen LogP) is 3.96. The van der Waals surface area contributed by atoms with Crippen molar-refractivity contribution in [2.45, 2.75) is 51.0 Å². The van der Waals surface area contributed by atoms with Crippen molar-refractivity contribution in [2.75, 3.05) is 48.1 Å². The number of hydrogen-bond donors (Lipinski definition) is 3. The summed E-state index contributed by atoms with van der Waals surface area (Å²) >= 11 is 0. The van der Waals surface area contributed by atoms with Crippen molar-refractivity contribution < 1.29 is 43.5 Å². The zero-order valence-electron chi connectivity index (χ0n) is 24.3. The number of nitrogens with zero attached hydrogens (tertiary/aromatic N) is 1. The molecule has 0 aromatic heterocycles. The first-order valence-corrected chi connectivity index (χ1v) is 13.0. The number of likely N-dealkylation sites (tertiary alicyclic amines) is 1. The number of ether oxygens (including phenoxy) is 5. The van der Waals surface area contributed by atoms with Crippen molar-refractivity contribution in [3.05, 3.63) is 35.4 Å². The van der Waals surface area contributed by atoms with Gasteiger partial charge in [-0.05, 0) is 69.0 Å². The summed E-state index contributed by atoms with van der Waals surface area (Å²) in [5.74, 6) is 0.670. The van der Waals surface area contributed by atoms with Gasteiger partial charge in [0.2, 0.25) is 17.4 Å². The highest BCUT2D eigenvalue weighted by Crippen LogP contribution is 2.50. The average molecular weight is 561 g/mol. The zero-order chi connectivity index (χ0) is 29.7. The molecule has 1 aliphatic heterocycles. The maximum absolute atomic E-state index is 13.0. The molecule has 11 nitrogen and oxygen atoms in total. The highest BCUT2D eigenvalue weighted by atomic mass is 16.6. The number of piperidine rings is 1. The highest BCUT2D eigenvalue weighted by Gasteiger charge is 2.41. The minimum absolute atomic E-state index is 0.0913. The molecule has 0 spiro atoms. The number of amides is 2. The van der Waals surface area contributed by atoms with Crippen LogP contribution in [-0.4, -0.2) is 80.8 Å². The molecule has 2 amide bonds. The van der Waals surface area contributed by atoms with E-state index in [1.807, 2.05) is 0 Å². The van der Waals surface area contributed by atoms with Gasteiger partial charge in [0.25, 0.3) is 0 Å². The molecule has 1 saturated heterocycles. The fraction of sp³-hybridized carbons (Fsp3) is 0.517. The number of phenols is 2. The Morgan fingerprint density at radius 2 is 1.23 bits per heavy atom. The largest absolute Gasteiger partial charge is 0.502 e. The first kappa shape index (κ1) is 30.5. The number of carbonyl (C=O) groups excluding carboxylic acids is 2. The summed E-state index contributed by atoms with van der Waals surface area (Å²) in [6.07, 6.45) is 0.579. The first-order valence-electron chi connectivity index (χ1n) is 13.0. The lowest BCUT2D eigenvalue weighted by molar-refractivity contribution is -0.132. The summed E-state index contributed by atoms with van der Waals surface area (Å²) in [6, 6.07) is 7.02. The Bertz CT molecular complexity index is 1100. The number of alkyl carbamates (subject to hydrolysis) is 1. The monoisotopic (exact) mass is 560 g/mol. The van der Waals surface area contributed by atoms with Crippen LogP contribution in [0.2, 0.25) is 0 Å². The summed E-state index contributed by atoms with van der Waals surface area (Å²) in [7, 11) is 5.85. The topological polar surface area (TPSA) is 136 Å². The van der Waals surface area contributed by atoms with Gasteiger partial charge >= 0.3 is 6.09 Å². The van der Waals surface area contributed by atoms with Crippen molar-refractivity contribution in [2.24, 2.45) is 0 Å². The Kier molecular flexibility index (Phi) is 9.49. The van der Waals surface area contributed by atoms with Crippen molar-refractivity contribution in [1.29, 1.82) is 0 Å². The highest BCUT2D eigenvalue weighted by molar-refractivity contribution is 5.77. The van der Waals surface area contributed by atoms with Crippen LogP contribution in [0.3, 0.4) is 0 Å². The van der Waals surface area contributed by atoms with E-state index in [-0.39, 0.29) is 53.4 Å². The van der Waals surface area contributed by atoms with Gasteiger partial charge in [-0.2, -0.15) is 0 Å². The van der Waals surface area contributed by atoms with E-state index in [0.717, 1.165) is 11.1 Å². The molecule has 3 N–H and O–H groups in total. The molecule has 1 aliphatic rings. The lowest BCUT2D eigenvalue weighted by Crippen LogP contribution is -2.46. The molecule has 40 heavy (non-hydrogen) atoms. The van der Waals surface area contributed by atoms with Crippen LogP contribution in [0.1, 0.15) is 51.2 Å². The van der Waals surface area contributed by atoms with Gasteiger partial charge in [-0.25, -0.2) is 4.79 Å². The Hall–Kier alpha value is -4.02. The molecule has 0 saturated carbocycles. The molecule has 0 atom stereocenters. The fourth-order valence-corrected chi connectivity index (χ4v) is 4.97. The predicted molar refractivity (Wildman–Crippen MR) is 148 cm³/mol. The molecule has 0 radical (unpaired) electrons. The maximum Gasteiger partial charge on any atom is 0.407 e. The van der Waals surface area contributed by atoms with Gasteiger partial charge in [0.1, 0.15) is 5.60 Å². The second-order valence-corrected chi connectivity index (χ2v) is 10.6. The minimum atomic E-state index is -0.673. The van der Waals surface area contributed by atoms with Crippen LogP contribution in [-0.2, 0) is 14.9 Å². The number of rotatable bonds is 9. The van der Waals surface area contributed by atoms with Crippen LogP contribution >= 0.6 is 0 Å². The fourth-order valence-electron chi connectivity index (χ4n) is 4.97. The Labute approximate surface area is 234 Å². The van der Waals surface area contributed by atoms with Crippen LogP contribution in [0.25, 0.3) is 0 Å². The van der Waals surface area contributed by atoms with E-state index in [9.17, 15) is 19.8 Å². The molecule has 2 aromatic carbocycles. The number of methoxy groups -OCH3 is 4. The second-order valence-electron chi connectivity index (χ2n) is 10.6. The van der Waals surface area contributed by atoms with Gasteiger partial charge in [-0.15, -0.1) is 0 Å². The molecule has 220 valence electrons. The SMILES string of the molecule is COc1cc(C2(c3cc(OC)c(O)c(OC)c3)CCN(C(=O)CCNC(=O)OC(C)(C)C)CC2)cc(OC)c1O. The van der Waals surface area contributed by atoms with Gasteiger partial charge in [0.05, 0.1) is 28.4 Å². The standard InChI is InChI=1S/C29H40N2O9/c1-28(2,3)40-27(35)30-11-8-24(32)31-12-9-29(10-13-31,18-14-20(36-4)25(33)21(15-18)37-5)19-16-22(38-6)26(34)23(17-19)39-7/h14-17,33-34H,8-13H2,1-7H3,(H,30,35). The van der Waals surface area contributed by atoms with E-state index >= 15 is 0 Å². The second kappa shape index (κ2) is 12.4. The lowest BCUT2D eigenvalue weighted by atomic mass is 9.67. The van der Waals surface area contributed by atoms with Crippen LogP contribution in [0.5, 0.6) is 34.5 Å². The molecule has 2 aromatic rings. The summed E-state index contributed by atoms with van der Waals surface area (Å²) in [5, 5.41) is 23.7. The van der Waals surface area contributed by atoms with Crippen molar-refractivity contribution >= 4 is 12.0 Å². The Morgan fingerprint density at radius 3 is 1.57 bits per heavy atom. The molecular formula is C29H40N2O9. The molecule has 1 heterocycles. The summed E-state index contributed by atoms with van der Waals surface area (Å²) in [6.45, 7) is 6.32. The molecule has 0 unspecified atom stereocenters. The summed E-state index contributed by atoms with van der Waals surface area (Å²) < 4.78 is 27.0. The van der Waals surface area contributed by atoms with E-state index < -0.39 is 17.1 Å². The van der Waals surface area contributed by atoms with Crippen LogP contribution in [0.15, 0.2) is 24.3 Å². The van der Waals surface area contributed by atoms with E-state index in [2.05, 4.69) is 5.32 Å². The number of hydrogen-bond acceptors (Lipinski definition) is 9. The molecule has 3 rings (SSSR count). The third kappa shape index (κ3) is 6.57. The summed E-state index contributed by atoms with van der Waals surface area (Å²) in [4.78, 5) is 26.7. The quantitative estimate of drug-likeness (QED) is 0.416. The normalized spacial score (nSPS) is 14.7. The summed E-state index contributed by atoms with van der Waals surface area (Å²) in [5.41, 5.74) is 0.303. The minimum Gasteiger partial charge on any atom is -0.502 e. The number of aromatic hydroxyl groups is 2. The number of carbonyl (C=O) groups is 2. The molecular weight excluding hydrogens is 520 g/mol. The molecule has 11 heteroatoms. The third-order valence-corrected chi connectivity index (χ3v) is 7.04. The van der Waals surface area contributed by atoms with Crippen LogP contribution in [0.4, 0.5) is 4.79 Å².